The minimum atomic E-state index is -3.80. The number of nitrogen functional groups attached to an aromatic ring is 1. The first kappa shape index (κ1) is 20.1. The number of piperazine rings is 1. The molecule has 28 heavy (non-hydrogen) atoms. The van der Waals surface area contributed by atoms with Gasteiger partial charge < -0.3 is 15.7 Å². The van der Waals surface area contributed by atoms with Crippen LogP contribution in [0.3, 0.4) is 0 Å². The lowest BCUT2D eigenvalue weighted by molar-refractivity contribution is 0.102. The molecular weight excluding hydrogens is 385 g/mol. The van der Waals surface area contributed by atoms with Crippen molar-refractivity contribution in [2.45, 2.75) is 23.8 Å². The highest BCUT2D eigenvalue weighted by Crippen LogP contribution is 2.26. The number of carboxylic acid groups (broad SMARTS) is 1. The van der Waals surface area contributed by atoms with Gasteiger partial charge in [-0.2, -0.15) is 4.31 Å². The Bertz CT molecular complexity index is 933. The predicted molar refractivity (Wildman–Crippen MR) is 103 cm³/mol. The molecule has 1 aliphatic heterocycles. The first-order valence-corrected chi connectivity index (χ1v) is 10.3. The van der Waals surface area contributed by atoms with Crippen molar-refractivity contribution >= 4 is 21.8 Å². The zero-order valence-electron chi connectivity index (χ0n) is 15.2. The Morgan fingerprint density at radius 2 is 1.86 bits per heavy atom. The molecule has 1 amide bonds. The molecule has 1 unspecified atom stereocenters. The fourth-order valence-corrected chi connectivity index (χ4v) is 5.10. The molecule has 1 atom stereocenters. The smallest absolute Gasteiger partial charge is 0.407 e. The van der Waals surface area contributed by atoms with E-state index < -0.39 is 28.0 Å². The van der Waals surface area contributed by atoms with Crippen molar-refractivity contribution in [1.29, 1.82) is 0 Å². The number of benzene rings is 2. The number of hydrogen-bond donors (Lipinski definition) is 2. The Balaban J connectivity index is 1.87. The Kier molecular flexibility index (Phi) is 5.85. The lowest BCUT2D eigenvalue weighted by Crippen LogP contribution is -2.56. The van der Waals surface area contributed by atoms with Crippen molar-refractivity contribution in [3.63, 3.8) is 0 Å². The van der Waals surface area contributed by atoms with E-state index in [9.17, 15) is 22.7 Å². The molecule has 3 rings (SSSR count). The van der Waals surface area contributed by atoms with Crippen molar-refractivity contribution in [2.24, 2.45) is 0 Å². The average Bonchev–Trinajstić information content (AvgIpc) is 2.68. The molecule has 150 valence electrons. The van der Waals surface area contributed by atoms with E-state index in [1.165, 1.54) is 33.5 Å². The zero-order valence-corrected chi connectivity index (χ0v) is 16.0. The van der Waals surface area contributed by atoms with Crippen LogP contribution in [0.5, 0.6) is 0 Å². The number of amides is 1. The van der Waals surface area contributed by atoms with Crippen molar-refractivity contribution in [3.05, 3.63) is 59.9 Å². The van der Waals surface area contributed by atoms with E-state index in [1.54, 1.807) is 24.3 Å². The molecule has 0 spiro atoms. The summed E-state index contributed by atoms with van der Waals surface area (Å²) < 4.78 is 41.6. The van der Waals surface area contributed by atoms with E-state index in [2.05, 4.69) is 0 Å². The van der Waals surface area contributed by atoms with Gasteiger partial charge in [-0.3, -0.25) is 0 Å². The molecule has 0 saturated carbocycles. The van der Waals surface area contributed by atoms with Crippen LogP contribution in [-0.2, 0) is 16.4 Å². The molecule has 2 aromatic carbocycles. The lowest BCUT2D eigenvalue weighted by atomic mass is 10.0. The molecule has 7 nitrogen and oxygen atoms in total. The van der Waals surface area contributed by atoms with E-state index >= 15 is 0 Å². The predicted octanol–water partition coefficient (Wildman–Crippen LogP) is 2.39. The third kappa shape index (κ3) is 4.10. The molecule has 9 heteroatoms. The number of nitrogens with zero attached hydrogens (tertiary/aromatic N) is 2. The van der Waals surface area contributed by atoms with Crippen LogP contribution in [-0.4, -0.2) is 54.5 Å². The van der Waals surface area contributed by atoms with Crippen molar-refractivity contribution in [2.75, 3.05) is 25.4 Å². The maximum absolute atomic E-state index is 14.1. The number of carbonyl (C=O) groups is 1. The summed E-state index contributed by atoms with van der Waals surface area (Å²) in [5, 5.41) is 9.31. The molecule has 0 radical (unpaired) electrons. The van der Waals surface area contributed by atoms with Gasteiger partial charge in [0.05, 0.1) is 4.90 Å². The van der Waals surface area contributed by atoms with Crippen LogP contribution in [0.15, 0.2) is 53.4 Å². The van der Waals surface area contributed by atoms with Gasteiger partial charge in [0.15, 0.2) is 0 Å². The second kappa shape index (κ2) is 8.15. The van der Waals surface area contributed by atoms with Gasteiger partial charge in [0.25, 0.3) is 0 Å². The molecule has 0 aliphatic carbocycles. The van der Waals surface area contributed by atoms with Gasteiger partial charge in [-0.05, 0) is 37.1 Å². The van der Waals surface area contributed by atoms with E-state index in [0.29, 0.717) is 11.3 Å². The number of rotatable bonds is 5. The molecule has 1 aliphatic rings. The topological polar surface area (TPSA) is 104 Å². The number of halogens is 1. The highest BCUT2D eigenvalue weighted by atomic mass is 32.2. The van der Waals surface area contributed by atoms with Crippen molar-refractivity contribution < 1.29 is 22.7 Å². The van der Waals surface area contributed by atoms with Crippen LogP contribution in [0.4, 0.5) is 14.9 Å². The summed E-state index contributed by atoms with van der Waals surface area (Å²) in [6.45, 7) is 0.149. The quantitative estimate of drug-likeness (QED) is 0.741. The SMILES string of the molecule is Nc1cccc(F)c1CCC1CN(C(=O)O)CCN1S(=O)(=O)c1ccccc1. The van der Waals surface area contributed by atoms with Gasteiger partial charge in [0.2, 0.25) is 10.0 Å². The largest absolute Gasteiger partial charge is 0.465 e. The van der Waals surface area contributed by atoms with Gasteiger partial charge in [-0.25, -0.2) is 17.6 Å². The second-order valence-corrected chi connectivity index (χ2v) is 8.55. The average molecular weight is 407 g/mol. The lowest BCUT2D eigenvalue weighted by Gasteiger charge is -2.39. The maximum Gasteiger partial charge on any atom is 0.407 e. The van der Waals surface area contributed by atoms with E-state index in [-0.39, 0.29) is 37.4 Å². The highest BCUT2D eigenvalue weighted by Gasteiger charge is 2.37. The minimum Gasteiger partial charge on any atom is -0.465 e. The summed E-state index contributed by atoms with van der Waals surface area (Å²) in [5.74, 6) is -0.455. The standard InChI is InChI=1S/C19H22FN3O4S/c20-17-7-4-8-18(21)16(17)10-9-14-13-22(19(24)25)11-12-23(14)28(26,27)15-5-2-1-3-6-15/h1-8,14H,9-13,21H2,(H,24,25). The number of nitrogens with two attached hydrogens (primary N) is 1. The summed E-state index contributed by atoms with van der Waals surface area (Å²) in [6.07, 6.45) is -0.648. The summed E-state index contributed by atoms with van der Waals surface area (Å²) in [7, 11) is -3.80. The fourth-order valence-electron chi connectivity index (χ4n) is 3.44. The summed E-state index contributed by atoms with van der Waals surface area (Å²) in [6, 6.07) is 11.8. The Hall–Kier alpha value is -2.65. The molecule has 3 N–H and O–H groups in total. The first-order valence-electron chi connectivity index (χ1n) is 8.88. The number of hydrogen-bond acceptors (Lipinski definition) is 4. The maximum atomic E-state index is 14.1. The molecular formula is C19H22FN3O4S. The van der Waals surface area contributed by atoms with E-state index in [4.69, 9.17) is 5.73 Å². The minimum absolute atomic E-state index is 0.0236. The molecule has 0 bridgehead atoms. The summed E-state index contributed by atoms with van der Waals surface area (Å²) in [4.78, 5) is 12.7. The third-order valence-electron chi connectivity index (χ3n) is 4.93. The van der Waals surface area contributed by atoms with Crippen LogP contribution in [0.25, 0.3) is 0 Å². The molecule has 1 heterocycles. The Morgan fingerprint density at radius 1 is 1.14 bits per heavy atom. The normalized spacial score (nSPS) is 18.2. The molecule has 1 saturated heterocycles. The molecule has 1 fully saturated rings. The summed E-state index contributed by atoms with van der Waals surface area (Å²) in [5.41, 5.74) is 6.45. The van der Waals surface area contributed by atoms with Crippen LogP contribution >= 0.6 is 0 Å². The van der Waals surface area contributed by atoms with E-state index in [0.717, 1.165) is 0 Å². The number of anilines is 1. The van der Waals surface area contributed by atoms with Gasteiger partial charge >= 0.3 is 6.09 Å². The fraction of sp³-hybridized carbons (Fsp3) is 0.316. The Morgan fingerprint density at radius 3 is 2.50 bits per heavy atom. The van der Waals surface area contributed by atoms with Crippen LogP contribution in [0.2, 0.25) is 0 Å². The Labute approximate surface area is 163 Å². The monoisotopic (exact) mass is 407 g/mol. The van der Waals surface area contributed by atoms with Gasteiger partial charge in [0.1, 0.15) is 5.82 Å². The second-order valence-electron chi connectivity index (χ2n) is 6.66. The van der Waals surface area contributed by atoms with Gasteiger partial charge in [-0.1, -0.05) is 24.3 Å². The van der Waals surface area contributed by atoms with Crippen molar-refractivity contribution in [1.82, 2.24) is 9.21 Å². The third-order valence-corrected chi connectivity index (χ3v) is 6.90. The van der Waals surface area contributed by atoms with Crippen LogP contribution < -0.4 is 5.73 Å². The zero-order chi connectivity index (χ0) is 20.3. The summed E-state index contributed by atoms with van der Waals surface area (Å²) >= 11 is 0. The van der Waals surface area contributed by atoms with Gasteiger partial charge in [0, 0.05) is 36.9 Å². The highest BCUT2D eigenvalue weighted by molar-refractivity contribution is 7.89. The van der Waals surface area contributed by atoms with Crippen LogP contribution in [0, 0.1) is 5.82 Å². The van der Waals surface area contributed by atoms with Crippen LogP contribution in [0.1, 0.15) is 12.0 Å². The first-order chi connectivity index (χ1) is 13.3. The van der Waals surface area contributed by atoms with E-state index in [1.807, 2.05) is 0 Å². The number of sulfonamides is 1. The van der Waals surface area contributed by atoms with Crippen molar-refractivity contribution in [3.8, 4) is 0 Å². The van der Waals surface area contributed by atoms with Gasteiger partial charge in [-0.15, -0.1) is 0 Å². The molecule has 0 aromatic heterocycles. The molecule has 2 aromatic rings.